The molecule has 0 radical (unpaired) electrons. The Morgan fingerprint density at radius 3 is 2.50 bits per heavy atom. The molecule has 2 aromatic rings. The molecule has 8 heteroatoms. The largest absolute Gasteiger partial charge is 0.326 e. The van der Waals surface area contributed by atoms with E-state index in [4.69, 9.17) is 23.2 Å². The number of hydrogen-bond donors (Lipinski definition) is 1. The minimum absolute atomic E-state index is 0.157. The van der Waals surface area contributed by atoms with Gasteiger partial charge in [-0.3, -0.25) is 4.79 Å². The van der Waals surface area contributed by atoms with Crippen LogP contribution in [0.3, 0.4) is 0 Å². The first kappa shape index (κ1) is 19.2. The first-order chi connectivity index (χ1) is 12.4. The van der Waals surface area contributed by atoms with Crippen molar-refractivity contribution in [3.05, 3.63) is 58.6 Å². The van der Waals surface area contributed by atoms with Crippen LogP contribution in [0.2, 0.25) is 10.0 Å². The van der Waals surface area contributed by atoms with Gasteiger partial charge in [-0.1, -0.05) is 41.4 Å². The highest BCUT2D eigenvalue weighted by Crippen LogP contribution is 2.27. The van der Waals surface area contributed by atoms with Crippen molar-refractivity contribution in [3.8, 4) is 0 Å². The highest BCUT2D eigenvalue weighted by atomic mass is 35.5. The van der Waals surface area contributed by atoms with Crippen molar-refractivity contribution in [2.75, 3.05) is 18.4 Å². The predicted octanol–water partition coefficient (Wildman–Crippen LogP) is 4.03. The summed E-state index contributed by atoms with van der Waals surface area (Å²) < 4.78 is 26.9. The highest BCUT2D eigenvalue weighted by molar-refractivity contribution is 7.89. The molecule has 0 aromatic heterocycles. The number of benzene rings is 2. The number of amides is 1. The molecule has 5 nitrogen and oxygen atoms in total. The van der Waals surface area contributed by atoms with Crippen molar-refractivity contribution < 1.29 is 13.2 Å². The quantitative estimate of drug-likeness (QED) is 0.823. The number of piperidine rings is 1. The fourth-order valence-corrected chi connectivity index (χ4v) is 4.78. The van der Waals surface area contributed by atoms with E-state index in [1.54, 1.807) is 48.5 Å². The lowest BCUT2D eigenvalue weighted by Gasteiger charge is -2.31. The Kier molecular flexibility index (Phi) is 5.87. The van der Waals surface area contributed by atoms with Crippen molar-refractivity contribution in [2.45, 2.75) is 17.7 Å². The Hall–Kier alpha value is -1.60. The van der Waals surface area contributed by atoms with Crippen LogP contribution in [0.15, 0.2) is 53.4 Å². The highest BCUT2D eigenvalue weighted by Gasteiger charge is 2.33. The Morgan fingerprint density at radius 2 is 1.81 bits per heavy atom. The summed E-state index contributed by atoms with van der Waals surface area (Å²) in [6.07, 6.45) is 1.26. The zero-order valence-electron chi connectivity index (χ0n) is 13.9. The van der Waals surface area contributed by atoms with E-state index in [0.29, 0.717) is 35.1 Å². The molecule has 3 rings (SSSR count). The molecule has 26 heavy (non-hydrogen) atoms. The third-order valence-electron chi connectivity index (χ3n) is 4.32. The molecule has 1 saturated heterocycles. The van der Waals surface area contributed by atoms with E-state index in [1.165, 1.54) is 4.31 Å². The van der Waals surface area contributed by atoms with E-state index in [1.807, 2.05) is 0 Å². The van der Waals surface area contributed by atoms with E-state index < -0.39 is 15.9 Å². The Labute approximate surface area is 163 Å². The number of rotatable bonds is 4. The number of nitrogens with zero attached hydrogens (tertiary/aromatic N) is 1. The summed E-state index contributed by atoms with van der Waals surface area (Å²) in [5.41, 5.74) is 0.535. The second-order valence-electron chi connectivity index (χ2n) is 6.13. The maximum atomic E-state index is 12.8. The molecule has 0 bridgehead atoms. The lowest BCUT2D eigenvalue weighted by atomic mass is 9.99. The van der Waals surface area contributed by atoms with Crippen LogP contribution < -0.4 is 5.32 Å². The Balaban J connectivity index is 1.71. The van der Waals surface area contributed by atoms with Gasteiger partial charge in [0.05, 0.1) is 20.9 Å². The third-order valence-corrected chi connectivity index (χ3v) is 6.94. The zero-order chi connectivity index (χ0) is 18.7. The second-order valence-corrected chi connectivity index (χ2v) is 8.89. The fourth-order valence-electron chi connectivity index (χ4n) is 2.93. The second kappa shape index (κ2) is 7.96. The smallest absolute Gasteiger partial charge is 0.243 e. The van der Waals surface area contributed by atoms with Gasteiger partial charge in [-0.05, 0) is 43.2 Å². The maximum absolute atomic E-state index is 12.8. The van der Waals surface area contributed by atoms with Crippen LogP contribution in [0.25, 0.3) is 0 Å². The normalized spacial score (nSPS) is 18.5. The number of carbonyl (C=O) groups is 1. The van der Waals surface area contributed by atoms with Gasteiger partial charge in [-0.25, -0.2) is 8.42 Å². The average molecular weight is 413 g/mol. The molecule has 1 aliphatic rings. The van der Waals surface area contributed by atoms with Gasteiger partial charge < -0.3 is 5.32 Å². The van der Waals surface area contributed by atoms with Gasteiger partial charge in [-0.15, -0.1) is 0 Å². The minimum atomic E-state index is -3.60. The summed E-state index contributed by atoms with van der Waals surface area (Å²) >= 11 is 11.8. The van der Waals surface area contributed by atoms with Crippen LogP contribution in [-0.2, 0) is 14.8 Å². The summed E-state index contributed by atoms with van der Waals surface area (Å²) in [7, 11) is -3.60. The molecule has 138 valence electrons. The number of sulfonamides is 1. The number of hydrogen-bond acceptors (Lipinski definition) is 3. The Morgan fingerprint density at radius 1 is 1.08 bits per heavy atom. The van der Waals surface area contributed by atoms with Crippen LogP contribution in [-0.4, -0.2) is 31.7 Å². The fraction of sp³-hybridized carbons (Fsp3) is 0.278. The van der Waals surface area contributed by atoms with Gasteiger partial charge in [0, 0.05) is 18.8 Å². The standard InChI is InChI=1S/C18H18Cl2N2O3S/c19-16-9-8-14(11-17(16)20)21-18(23)13-5-4-10-22(12-13)26(24,25)15-6-2-1-3-7-15/h1-3,6-9,11,13H,4-5,10,12H2,(H,21,23)/t13-/m0/s1. The van der Waals surface area contributed by atoms with Crippen molar-refractivity contribution in [1.82, 2.24) is 4.31 Å². The SMILES string of the molecule is O=C(Nc1ccc(Cl)c(Cl)c1)[C@H]1CCCN(S(=O)(=O)c2ccccc2)C1. The molecule has 0 aliphatic carbocycles. The number of nitrogens with one attached hydrogen (secondary N) is 1. The predicted molar refractivity (Wildman–Crippen MR) is 103 cm³/mol. The molecule has 1 amide bonds. The van der Waals surface area contributed by atoms with Gasteiger partial charge in [0.1, 0.15) is 0 Å². The molecule has 1 fully saturated rings. The Bertz CT molecular complexity index is 904. The van der Waals surface area contributed by atoms with Crippen LogP contribution in [0.5, 0.6) is 0 Å². The molecule has 0 unspecified atom stereocenters. The summed E-state index contributed by atoms with van der Waals surface area (Å²) in [5.74, 6) is -0.645. The van der Waals surface area contributed by atoms with Crippen LogP contribution in [0, 0.1) is 5.92 Å². The first-order valence-electron chi connectivity index (χ1n) is 8.19. The van der Waals surface area contributed by atoms with E-state index in [2.05, 4.69) is 5.32 Å². The maximum Gasteiger partial charge on any atom is 0.243 e. The lowest BCUT2D eigenvalue weighted by molar-refractivity contribution is -0.120. The van der Waals surface area contributed by atoms with Crippen molar-refractivity contribution >= 4 is 44.8 Å². The molecule has 0 saturated carbocycles. The molecular formula is C18H18Cl2N2O3S. The van der Waals surface area contributed by atoms with E-state index >= 15 is 0 Å². The van der Waals surface area contributed by atoms with Gasteiger partial charge in [-0.2, -0.15) is 4.31 Å². The van der Waals surface area contributed by atoms with Crippen LogP contribution in [0.1, 0.15) is 12.8 Å². The van der Waals surface area contributed by atoms with Crippen molar-refractivity contribution in [1.29, 1.82) is 0 Å². The summed E-state index contributed by atoms with van der Waals surface area (Å²) in [5, 5.41) is 3.54. The number of anilines is 1. The van der Waals surface area contributed by atoms with Crippen LogP contribution in [0.4, 0.5) is 5.69 Å². The minimum Gasteiger partial charge on any atom is -0.326 e. The third kappa shape index (κ3) is 4.20. The van der Waals surface area contributed by atoms with Gasteiger partial charge in [0.2, 0.25) is 15.9 Å². The number of carbonyl (C=O) groups excluding carboxylic acids is 1. The zero-order valence-corrected chi connectivity index (χ0v) is 16.2. The van der Waals surface area contributed by atoms with E-state index in [0.717, 1.165) is 0 Å². The first-order valence-corrected chi connectivity index (χ1v) is 10.4. The summed E-state index contributed by atoms with van der Waals surface area (Å²) in [4.78, 5) is 12.8. The van der Waals surface area contributed by atoms with Gasteiger partial charge in [0.15, 0.2) is 0 Å². The average Bonchev–Trinajstić information content (AvgIpc) is 2.65. The molecule has 1 N–H and O–H groups in total. The van der Waals surface area contributed by atoms with Gasteiger partial charge >= 0.3 is 0 Å². The van der Waals surface area contributed by atoms with Crippen molar-refractivity contribution in [3.63, 3.8) is 0 Å². The number of halogens is 2. The van der Waals surface area contributed by atoms with Crippen LogP contribution >= 0.6 is 23.2 Å². The molecule has 1 heterocycles. The summed E-state index contributed by atoms with van der Waals surface area (Å²) in [6, 6.07) is 13.1. The molecule has 1 aliphatic heterocycles. The van der Waals surface area contributed by atoms with E-state index in [-0.39, 0.29) is 17.3 Å². The monoisotopic (exact) mass is 412 g/mol. The van der Waals surface area contributed by atoms with Crippen molar-refractivity contribution in [2.24, 2.45) is 5.92 Å². The molecule has 2 aromatic carbocycles. The molecule has 1 atom stereocenters. The van der Waals surface area contributed by atoms with Gasteiger partial charge in [0.25, 0.3) is 0 Å². The topological polar surface area (TPSA) is 66.5 Å². The lowest BCUT2D eigenvalue weighted by Crippen LogP contribution is -2.43. The summed E-state index contributed by atoms with van der Waals surface area (Å²) in [6.45, 7) is 0.568. The van der Waals surface area contributed by atoms with E-state index in [9.17, 15) is 13.2 Å². The molecular weight excluding hydrogens is 395 g/mol. The molecule has 0 spiro atoms.